The monoisotopic (exact) mass is 184 g/mol. The van der Waals surface area contributed by atoms with Gasteiger partial charge in [-0.05, 0) is 24.2 Å². The Morgan fingerprint density at radius 1 is 1.38 bits per heavy atom. The number of carbonyl (C=O) groups excluding carboxylic acids is 1. The number of ether oxygens (including phenoxy) is 1. The molecule has 0 heterocycles. The smallest absolute Gasteiger partial charge is 0.309 e. The van der Waals surface area contributed by atoms with E-state index >= 15 is 0 Å². The summed E-state index contributed by atoms with van der Waals surface area (Å²) in [6.07, 6.45) is 3.66. The third-order valence-electron chi connectivity index (χ3n) is 3.01. The van der Waals surface area contributed by atoms with Crippen LogP contribution in [0.15, 0.2) is 0 Å². The van der Waals surface area contributed by atoms with Crippen molar-refractivity contribution in [2.75, 3.05) is 7.11 Å². The topological polar surface area (TPSA) is 26.3 Å². The van der Waals surface area contributed by atoms with Crippen LogP contribution in [0.25, 0.3) is 0 Å². The Hall–Kier alpha value is -0.530. The third kappa shape index (κ3) is 2.23. The minimum atomic E-state index is -0.0304. The lowest BCUT2D eigenvalue weighted by atomic mass is 9.65. The van der Waals surface area contributed by atoms with E-state index in [-0.39, 0.29) is 17.3 Å². The van der Waals surface area contributed by atoms with Crippen LogP contribution in [0.4, 0.5) is 0 Å². The summed E-state index contributed by atoms with van der Waals surface area (Å²) in [4.78, 5) is 11.6. The first-order valence-corrected chi connectivity index (χ1v) is 5.04. The molecule has 0 bridgehead atoms. The summed E-state index contributed by atoms with van der Waals surface area (Å²) in [6.45, 7) is 6.35. The van der Waals surface area contributed by atoms with Gasteiger partial charge in [-0.15, -0.1) is 0 Å². The maximum Gasteiger partial charge on any atom is 0.309 e. The first kappa shape index (κ1) is 10.6. The first-order chi connectivity index (χ1) is 5.96. The molecule has 13 heavy (non-hydrogen) atoms. The standard InChI is InChI=1S/C11H20O2/c1-11(2,3)9(10(12)13-4)8-6-5-7-8/h8-9H,5-7H2,1-4H3. The van der Waals surface area contributed by atoms with Gasteiger partial charge in [0.15, 0.2) is 0 Å². The quantitative estimate of drug-likeness (QED) is 0.617. The summed E-state index contributed by atoms with van der Waals surface area (Å²) in [5.41, 5.74) is 0.0399. The molecule has 0 radical (unpaired) electrons. The van der Waals surface area contributed by atoms with Crippen molar-refractivity contribution in [2.24, 2.45) is 17.3 Å². The molecular formula is C11H20O2. The van der Waals surface area contributed by atoms with E-state index in [9.17, 15) is 4.79 Å². The zero-order chi connectivity index (χ0) is 10.1. The minimum Gasteiger partial charge on any atom is -0.469 e. The molecular weight excluding hydrogens is 164 g/mol. The number of esters is 1. The average molecular weight is 184 g/mol. The van der Waals surface area contributed by atoms with Gasteiger partial charge in [0.2, 0.25) is 0 Å². The summed E-state index contributed by atoms with van der Waals surface area (Å²) < 4.78 is 4.86. The van der Waals surface area contributed by atoms with Crippen LogP contribution < -0.4 is 0 Å². The van der Waals surface area contributed by atoms with E-state index in [0.717, 1.165) is 0 Å². The van der Waals surface area contributed by atoms with Gasteiger partial charge < -0.3 is 4.74 Å². The lowest BCUT2D eigenvalue weighted by molar-refractivity contribution is -0.153. The lowest BCUT2D eigenvalue weighted by Gasteiger charge is -2.39. The molecule has 2 nitrogen and oxygen atoms in total. The van der Waals surface area contributed by atoms with Crippen LogP contribution in [0.1, 0.15) is 40.0 Å². The van der Waals surface area contributed by atoms with Crippen molar-refractivity contribution in [3.05, 3.63) is 0 Å². The van der Waals surface area contributed by atoms with Gasteiger partial charge >= 0.3 is 5.97 Å². The predicted octanol–water partition coefficient (Wildman–Crippen LogP) is 2.62. The zero-order valence-electron chi connectivity index (χ0n) is 9.09. The fraction of sp³-hybridized carbons (Fsp3) is 0.909. The molecule has 2 heteroatoms. The number of carbonyl (C=O) groups is 1. The number of hydrogen-bond donors (Lipinski definition) is 0. The van der Waals surface area contributed by atoms with E-state index in [2.05, 4.69) is 20.8 Å². The highest BCUT2D eigenvalue weighted by molar-refractivity contribution is 5.73. The molecule has 1 atom stereocenters. The van der Waals surface area contributed by atoms with Gasteiger partial charge in [0.25, 0.3) is 0 Å². The van der Waals surface area contributed by atoms with Gasteiger partial charge in [-0.2, -0.15) is 0 Å². The number of hydrogen-bond acceptors (Lipinski definition) is 2. The first-order valence-electron chi connectivity index (χ1n) is 5.04. The molecule has 0 aromatic rings. The van der Waals surface area contributed by atoms with Crippen LogP contribution in [0.2, 0.25) is 0 Å². The van der Waals surface area contributed by atoms with Crippen molar-refractivity contribution in [3.63, 3.8) is 0 Å². The summed E-state index contributed by atoms with van der Waals surface area (Å²) in [5.74, 6) is 0.621. The molecule has 1 rings (SSSR count). The van der Waals surface area contributed by atoms with Crippen molar-refractivity contribution in [3.8, 4) is 0 Å². The van der Waals surface area contributed by atoms with Crippen LogP contribution in [0.5, 0.6) is 0 Å². The lowest BCUT2D eigenvalue weighted by Crippen LogP contribution is -2.38. The van der Waals surface area contributed by atoms with E-state index in [0.29, 0.717) is 5.92 Å². The van der Waals surface area contributed by atoms with Crippen molar-refractivity contribution >= 4 is 5.97 Å². The summed E-state index contributed by atoms with van der Waals surface area (Å²) in [5, 5.41) is 0. The molecule has 1 aliphatic rings. The highest BCUT2D eigenvalue weighted by atomic mass is 16.5. The Morgan fingerprint density at radius 3 is 2.15 bits per heavy atom. The molecule has 0 spiro atoms. The molecule has 0 aromatic heterocycles. The Balaban J connectivity index is 2.69. The van der Waals surface area contributed by atoms with E-state index < -0.39 is 0 Å². The molecule has 76 valence electrons. The Bertz CT molecular complexity index is 187. The molecule has 1 fully saturated rings. The maximum atomic E-state index is 11.6. The molecule has 1 saturated carbocycles. The van der Waals surface area contributed by atoms with Crippen molar-refractivity contribution < 1.29 is 9.53 Å². The Kier molecular flexibility index (Phi) is 2.99. The highest BCUT2D eigenvalue weighted by Gasteiger charge is 2.41. The van der Waals surface area contributed by atoms with Crippen molar-refractivity contribution in [1.29, 1.82) is 0 Å². The van der Waals surface area contributed by atoms with Gasteiger partial charge in [-0.1, -0.05) is 27.2 Å². The second kappa shape index (κ2) is 3.69. The second-order valence-electron chi connectivity index (χ2n) is 5.06. The highest BCUT2D eigenvalue weighted by Crippen LogP contribution is 2.43. The van der Waals surface area contributed by atoms with Crippen LogP contribution in [0, 0.1) is 17.3 Å². The zero-order valence-corrected chi connectivity index (χ0v) is 9.09. The van der Waals surface area contributed by atoms with Gasteiger partial charge in [-0.3, -0.25) is 4.79 Å². The van der Waals surface area contributed by atoms with Crippen LogP contribution >= 0.6 is 0 Å². The molecule has 0 aliphatic heterocycles. The molecule has 0 aromatic carbocycles. The largest absolute Gasteiger partial charge is 0.469 e. The summed E-state index contributed by atoms with van der Waals surface area (Å²) in [6, 6.07) is 0. The third-order valence-corrected chi connectivity index (χ3v) is 3.01. The second-order valence-corrected chi connectivity index (χ2v) is 5.06. The van der Waals surface area contributed by atoms with Crippen LogP contribution in [-0.4, -0.2) is 13.1 Å². The normalized spacial score (nSPS) is 20.6. The van der Waals surface area contributed by atoms with Gasteiger partial charge in [0.05, 0.1) is 13.0 Å². The Morgan fingerprint density at radius 2 is 1.92 bits per heavy atom. The maximum absolute atomic E-state index is 11.6. The van der Waals surface area contributed by atoms with Gasteiger partial charge in [0.1, 0.15) is 0 Å². The van der Waals surface area contributed by atoms with E-state index in [1.807, 2.05) is 0 Å². The SMILES string of the molecule is COC(=O)C(C1CCC1)C(C)(C)C. The van der Waals surface area contributed by atoms with E-state index in [4.69, 9.17) is 4.74 Å². The summed E-state index contributed by atoms with van der Waals surface area (Å²) in [7, 11) is 1.49. The molecule has 1 aliphatic carbocycles. The average Bonchev–Trinajstić information content (AvgIpc) is 1.92. The number of rotatable bonds is 2. The molecule has 0 N–H and O–H groups in total. The van der Waals surface area contributed by atoms with Gasteiger partial charge in [-0.25, -0.2) is 0 Å². The van der Waals surface area contributed by atoms with Crippen LogP contribution in [-0.2, 0) is 9.53 Å². The number of methoxy groups -OCH3 is 1. The van der Waals surface area contributed by atoms with Crippen LogP contribution in [0.3, 0.4) is 0 Å². The fourth-order valence-electron chi connectivity index (χ4n) is 2.15. The van der Waals surface area contributed by atoms with Crippen molar-refractivity contribution in [1.82, 2.24) is 0 Å². The fourth-order valence-corrected chi connectivity index (χ4v) is 2.15. The molecule has 1 unspecified atom stereocenters. The van der Waals surface area contributed by atoms with Gasteiger partial charge in [0, 0.05) is 0 Å². The van der Waals surface area contributed by atoms with Crippen molar-refractivity contribution in [2.45, 2.75) is 40.0 Å². The minimum absolute atomic E-state index is 0.0304. The Labute approximate surface area is 80.7 Å². The molecule has 0 amide bonds. The van der Waals surface area contributed by atoms with E-state index in [1.165, 1.54) is 26.4 Å². The van der Waals surface area contributed by atoms with E-state index in [1.54, 1.807) is 0 Å². The predicted molar refractivity (Wildman–Crippen MR) is 52.3 cm³/mol. The summed E-state index contributed by atoms with van der Waals surface area (Å²) >= 11 is 0. The molecule has 0 saturated heterocycles.